The van der Waals surface area contributed by atoms with Crippen LogP contribution in [0.1, 0.15) is 47.2 Å². The molecule has 10 heteroatoms. The Kier molecular flexibility index (Phi) is 6.65. The summed E-state index contributed by atoms with van der Waals surface area (Å²) in [5.41, 5.74) is -2.14. The summed E-state index contributed by atoms with van der Waals surface area (Å²) in [6, 6.07) is 8.08. The van der Waals surface area contributed by atoms with Gasteiger partial charge in [-0.1, -0.05) is 24.3 Å². The van der Waals surface area contributed by atoms with Gasteiger partial charge in [-0.25, -0.2) is 0 Å². The van der Waals surface area contributed by atoms with E-state index < -0.39 is 35.1 Å². The highest BCUT2D eigenvalue weighted by atomic mass is 19.4. The van der Waals surface area contributed by atoms with Crippen LogP contribution in [0.25, 0.3) is 0 Å². The van der Waals surface area contributed by atoms with Gasteiger partial charge in [-0.2, -0.15) is 26.3 Å². The smallest absolute Gasteiger partial charge is 0.337 e. The average Bonchev–Trinajstić information content (AvgIpc) is 3.22. The molecule has 1 aliphatic carbocycles. The first-order chi connectivity index (χ1) is 16.4. The number of aryl methyl sites for hydroxylation is 1. The number of benzene rings is 2. The standard InChI is InChI=1S/C25H27F6N3O/c1-16(18-13-19(24(26,27)28)15-20(14-18)25(29,30)31)33(2)22(35)23(34-11-9-32-10-12-34)8-7-17-5-3-4-6-21(17)23/h3-6,13-16,32H,7-12H2,1-2H3/t16?,23-/m1/s1. The summed E-state index contributed by atoms with van der Waals surface area (Å²) in [6.45, 7) is 4.02. The number of rotatable bonds is 4. The van der Waals surface area contributed by atoms with Crippen LogP contribution in [0.5, 0.6) is 0 Å². The summed E-state index contributed by atoms with van der Waals surface area (Å²) < 4.78 is 80.5. The maximum Gasteiger partial charge on any atom is 0.416 e. The number of amides is 1. The minimum Gasteiger partial charge on any atom is -0.337 e. The number of carbonyl (C=O) groups excluding carboxylic acids is 1. The number of fused-ring (bicyclic) bond motifs is 1. The molecule has 1 saturated heterocycles. The molecule has 1 aliphatic heterocycles. The summed E-state index contributed by atoms with van der Waals surface area (Å²) in [7, 11) is 1.45. The van der Waals surface area contributed by atoms with Crippen LogP contribution >= 0.6 is 0 Å². The van der Waals surface area contributed by atoms with Gasteiger partial charge in [0.2, 0.25) is 5.91 Å². The predicted molar refractivity (Wildman–Crippen MR) is 119 cm³/mol. The van der Waals surface area contributed by atoms with Crippen LogP contribution in [0.4, 0.5) is 26.3 Å². The number of hydrogen-bond donors (Lipinski definition) is 1. The van der Waals surface area contributed by atoms with Crippen molar-refractivity contribution < 1.29 is 31.1 Å². The van der Waals surface area contributed by atoms with E-state index in [2.05, 4.69) is 10.2 Å². The van der Waals surface area contributed by atoms with Crippen molar-refractivity contribution in [2.24, 2.45) is 0 Å². The molecule has 2 aliphatic rings. The van der Waals surface area contributed by atoms with Crippen LogP contribution in [0.15, 0.2) is 42.5 Å². The largest absolute Gasteiger partial charge is 0.416 e. The lowest BCUT2D eigenvalue weighted by Crippen LogP contribution is -2.60. The quantitative estimate of drug-likeness (QED) is 0.603. The van der Waals surface area contributed by atoms with Crippen molar-refractivity contribution in [2.75, 3.05) is 33.2 Å². The molecule has 35 heavy (non-hydrogen) atoms. The fraction of sp³-hybridized carbons (Fsp3) is 0.480. The lowest BCUT2D eigenvalue weighted by Gasteiger charge is -2.45. The third-order valence-electron chi connectivity index (χ3n) is 7.22. The van der Waals surface area contributed by atoms with Gasteiger partial charge < -0.3 is 10.2 Å². The van der Waals surface area contributed by atoms with E-state index in [1.54, 1.807) is 0 Å². The Morgan fingerprint density at radius 1 is 1.00 bits per heavy atom. The average molecular weight is 499 g/mol. The Morgan fingerprint density at radius 2 is 1.57 bits per heavy atom. The van der Waals surface area contributed by atoms with Crippen LogP contribution in [-0.4, -0.2) is 48.9 Å². The number of carbonyl (C=O) groups is 1. The maximum absolute atomic E-state index is 14.1. The lowest BCUT2D eigenvalue weighted by molar-refractivity contribution is -0.147. The van der Waals surface area contributed by atoms with E-state index >= 15 is 0 Å². The van der Waals surface area contributed by atoms with E-state index in [-0.39, 0.29) is 17.5 Å². The number of alkyl halides is 6. The molecule has 0 saturated carbocycles. The Bertz CT molecular complexity index is 1060. The molecule has 0 spiro atoms. The van der Waals surface area contributed by atoms with Crippen LogP contribution in [-0.2, 0) is 29.1 Å². The molecular weight excluding hydrogens is 472 g/mol. The summed E-state index contributed by atoms with van der Waals surface area (Å²) >= 11 is 0. The van der Waals surface area contributed by atoms with Crippen molar-refractivity contribution in [2.45, 2.75) is 43.7 Å². The number of nitrogens with one attached hydrogen (secondary N) is 1. The van der Waals surface area contributed by atoms with Gasteiger partial charge in [-0.05, 0) is 54.7 Å². The summed E-state index contributed by atoms with van der Waals surface area (Å²) in [5.74, 6) is -0.331. The van der Waals surface area contributed by atoms with E-state index in [9.17, 15) is 31.1 Å². The number of nitrogens with zero attached hydrogens (tertiary/aromatic N) is 2. The molecule has 2 aromatic carbocycles. The van der Waals surface area contributed by atoms with Gasteiger partial charge in [-0.3, -0.25) is 9.69 Å². The van der Waals surface area contributed by atoms with Crippen molar-refractivity contribution in [3.05, 3.63) is 70.3 Å². The van der Waals surface area contributed by atoms with Crippen LogP contribution in [0, 0.1) is 0 Å². The Labute approximate surface area is 199 Å². The second-order valence-electron chi connectivity index (χ2n) is 9.19. The van der Waals surface area contributed by atoms with Crippen molar-refractivity contribution in [3.8, 4) is 0 Å². The molecule has 4 rings (SSSR count). The van der Waals surface area contributed by atoms with Gasteiger partial charge >= 0.3 is 12.4 Å². The Balaban J connectivity index is 1.75. The topological polar surface area (TPSA) is 35.6 Å². The molecule has 0 aromatic heterocycles. The minimum absolute atomic E-state index is 0.105. The zero-order valence-electron chi connectivity index (χ0n) is 19.4. The van der Waals surface area contributed by atoms with Gasteiger partial charge in [0.15, 0.2) is 0 Å². The molecule has 4 nitrogen and oxygen atoms in total. The third kappa shape index (κ3) is 4.65. The van der Waals surface area contributed by atoms with Gasteiger partial charge in [0.25, 0.3) is 0 Å². The first kappa shape index (κ1) is 25.5. The van der Waals surface area contributed by atoms with E-state index in [0.717, 1.165) is 11.1 Å². The fourth-order valence-corrected chi connectivity index (χ4v) is 5.24. The zero-order valence-corrected chi connectivity index (χ0v) is 19.4. The molecule has 2 aromatic rings. The van der Waals surface area contributed by atoms with Crippen LogP contribution in [0.3, 0.4) is 0 Å². The van der Waals surface area contributed by atoms with Crippen molar-refractivity contribution in [3.63, 3.8) is 0 Å². The number of hydrogen-bond acceptors (Lipinski definition) is 3. The minimum atomic E-state index is -4.95. The molecule has 1 unspecified atom stereocenters. The zero-order chi connectivity index (χ0) is 25.6. The molecule has 1 N–H and O–H groups in total. The van der Waals surface area contributed by atoms with E-state index in [1.165, 1.54) is 18.9 Å². The molecule has 0 radical (unpaired) electrons. The van der Waals surface area contributed by atoms with E-state index in [4.69, 9.17) is 0 Å². The van der Waals surface area contributed by atoms with Gasteiger partial charge in [0.1, 0.15) is 5.54 Å². The number of halogens is 6. The molecule has 190 valence electrons. The third-order valence-corrected chi connectivity index (χ3v) is 7.22. The molecule has 1 amide bonds. The molecule has 1 heterocycles. The number of likely N-dealkylation sites (N-methyl/N-ethyl adjacent to an activating group) is 1. The van der Waals surface area contributed by atoms with Gasteiger partial charge in [0, 0.05) is 33.2 Å². The number of piperazine rings is 1. The normalized spacial score (nSPS) is 22.1. The monoisotopic (exact) mass is 499 g/mol. The van der Waals surface area contributed by atoms with Crippen molar-refractivity contribution in [1.29, 1.82) is 0 Å². The summed E-state index contributed by atoms with van der Waals surface area (Å²) in [5, 5.41) is 3.26. The second-order valence-corrected chi connectivity index (χ2v) is 9.19. The lowest BCUT2D eigenvalue weighted by atomic mass is 9.86. The van der Waals surface area contributed by atoms with E-state index in [1.807, 2.05) is 24.3 Å². The molecule has 0 bridgehead atoms. The van der Waals surface area contributed by atoms with Crippen LogP contribution in [0.2, 0.25) is 0 Å². The summed E-state index contributed by atoms with van der Waals surface area (Å²) in [6.07, 6.45) is -8.75. The first-order valence-electron chi connectivity index (χ1n) is 11.5. The summed E-state index contributed by atoms with van der Waals surface area (Å²) in [4.78, 5) is 17.5. The molecule has 2 atom stereocenters. The second kappa shape index (κ2) is 9.13. The SMILES string of the molecule is CC(c1cc(C(F)(F)F)cc(C(F)(F)F)c1)N(C)C(=O)[C@@]1(N2CCNCC2)CCc2ccccc21. The molecular formula is C25H27F6N3O. The highest BCUT2D eigenvalue weighted by molar-refractivity contribution is 5.89. The fourth-order valence-electron chi connectivity index (χ4n) is 5.24. The van der Waals surface area contributed by atoms with Crippen LogP contribution < -0.4 is 5.32 Å². The Hall–Kier alpha value is -2.59. The Morgan fingerprint density at radius 3 is 2.14 bits per heavy atom. The maximum atomic E-state index is 14.1. The van der Waals surface area contributed by atoms with Gasteiger partial charge in [0.05, 0.1) is 17.2 Å². The first-order valence-corrected chi connectivity index (χ1v) is 11.5. The highest BCUT2D eigenvalue weighted by Crippen LogP contribution is 2.45. The predicted octanol–water partition coefficient (Wildman–Crippen LogP) is 4.99. The molecule has 1 fully saturated rings. The van der Waals surface area contributed by atoms with Gasteiger partial charge in [-0.15, -0.1) is 0 Å². The van der Waals surface area contributed by atoms with Crippen molar-refractivity contribution in [1.82, 2.24) is 15.1 Å². The highest BCUT2D eigenvalue weighted by Gasteiger charge is 2.51. The van der Waals surface area contributed by atoms with Crippen molar-refractivity contribution >= 4 is 5.91 Å². The van der Waals surface area contributed by atoms with E-state index in [0.29, 0.717) is 51.2 Å².